The summed E-state index contributed by atoms with van der Waals surface area (Å²) < 4.78 is 0. The summed E-state index contributed by atoms with van der Waals surface area (Å²) in [4.78, 5) is 26.4. The quantitative estimate of drug-likeness (QED) is 0.848. The smallest absolute Gasteiger partial charge is 0.247 e. The molecule has 110 valence electrons. The number of carbonyl (C=O) groups excluding carboxylic acids is 2. The molecular weight excluding hydrogens is 272 g/mol. The Hall–Kier alpha value is -1.62. The number of hydrogen-bond acceptors (Lipinski definition) is 3. The van der Waals surface area contributed by atoms with Crippen LogP contribution >= 0.6 is 11.3 Å². The Balaban J connectivity index is 2.57. The van der Waals surface area contributed by atoms with E-state index in [0.717, 1.165) is 4.88 Å². The van der Waals surface area contributed by atoms with Crippen LogP contribution in [0.3, 0.4) is 0 Å². The second-order valence-electron chi connectivity index (χ2n) is 5.50. The summed E-state index contributed by atoms with van der Waals surface area (Å²) in [7, 11) is 0. The van der Waals surface area contributed by atoms with Crippen molar-refractivity contribution in [3.05, 3.63) is 28.5 Å². The standard InChI is InChI=1S/C15H22N2O2S/c1-5-17(11-13(18)16-15(2,3)4)14(19)9-8-12-7-6-10-20-12/h6-10H,5,11H2,1-4H3,(H,16,18)/b9-8+. The van der Waals surface area contributed by atoms with Crippen LogP contribution in [0.25, 0.3) is 6.08 Å². The molecule has 0 aliphatic rings. The second-order valence-corrected chi connectivity index (χ2v) is 6.48. The highest BCUT2D eigenvalue weighted by Crippen LogP contribution is 2.10. The molecule has 1 aromatic heterocycles. The van der Waals surface area contributed by atoms with Crippen molar-refractivity contribution in [3.63, 3.8) is 0 Å². The van der Waals surface area contributed by atoms with Crippen LogP contribution in [0.2, 0.25) is 0 Å². The second kappa shape index (κ2) is 7.24. The minimum atomic E-state index is -0.285. The lowest BCUT2D eigenvalue weighted by molar-refractivity contribution is -0.132. The SMILES string of the molecule is CCN(CC(=O)NC(C)(C)C)C(=O)/C=C/c1cccs1. The molecule has 0 saturated heterocycles. The highest BCUT2D eigenvalue weighted by Gasteiger charge is 2.17. The molecule has 0 saturated carbocycles. The molecule has 0 spiro atoms. The summed E-state index contributed by atoms with van der Waals surface area (Å²) in [5.41, 5.74) is -0.285. The predicted molar refractivity (Wildman–Crippen MR) is 83.5 cm³/mol. The molecule has 0 fully saturated rings. The molecule has 0 unspecified atom stereocenters. The van der Waals surface area contributed by atoms with Gasteiger partial charge < -0.3 is 10.2 Å². The highest BCUT2D eigenvalue weighted by molar-refractivity contribution is 7.10. The molecule has 4 nitrogen and oxygen atoms in total. The number of thiophene rings is 1. The molecule has 1 rings (SSSR count). The van der Waals surface area contributed by atoms with Crippen molar-refractivity contribution in [3.8, 4) is 0 Å². The third-order valence-electron chi connectivity index (χ3n) is 2.48. The van der Waals surface area contributed by atoms with Crippen LogP contribution in [0.5, 0.6) is 0 Å². The molecule has 0 bridgehead atoms. The maximum absolute atomic E-state index is 12.0. The summed E-state index contributed by atoms with van der Waals surface area (Å²) in [5, 5.41) is 4.81. The number of nitrogens with one attached hydrogen (secondary N) is 1. The minimum absolute atomic E-state index is 0.0847. The van der Waals surface area contributed by atoms with Crippen LogP contribution < -0.4 is 5.32 Å². The number of nitrogens with zero attached hydrogens (tertiary/aromatic N) is 1. The Morgan fingerprint density at radius 1 is 1.40 bits per heavy atom. The van der Waals surface area contributed by atoms with E-state index in [-0.39, 0.29) is 23.9 Å². The minimum Gasteiger partial charge on any atom is -0.350 e. The zero-order valence-corrected chi connectivity index (χ0v) is 13.3. The first-order valence-corrected chi connectivity index (χ1v) is 7.51. The van der Waals surface area contributed by atoms with E-state index in [1.54, 1.807) is 17.4 Å². The van der Waals surface area contributed by atoms with E-state index in [4.69, 9.17) is 0 Å². The molecular formula is C15H22N2O2S. The zero-order chi connectivity index (χ0) is 15.2. The van der Waals surface area contributed by atoms with E-state index in [2.05, 4.69) is 5.32 Å². The lowest BCUT2D eigenvalue weighted by atomic mass is 10.1. The van der Waals surface area contributed by atoms with Crippen LogP contribution in [0.1, 0.15) is 32.6 Å². The van der Waals surface area contributed by atoms with Gasteiger partial charge in [-0.3, -0.25) is 9.59 Å². The van der Waals surface area contributed by atoms with E-state index < -0.39 is 0 Å². The van der Waals surface area contributed by atoms with Gasteiger partial charge in [-0.15, -0.1) is 11.3 Å². The van der Waals surface area contributed by atoms with Gasteiger partial charge in [0.25, 0.3) is 0 Å². The first-order valence-electron chi connectivity index (χ1n) is 6.63. The number of carbonyl (C=O) groups is 2. The van der Waals surface area contributed by atoms with E-state index in [1.165, 1.54) is 11.0 Å². The maximum Gasteiger partial charge on any atom is 0.247 e. The van der Waals surface area contributed by atoms with Crippen LogP contribution in [0, 0.1) is 0 Å². The molecule has 1 N–H and O–H groups in total. The van der Waals surface area contributed by atoms with Crippen molar-refractivity contribution >= 4 is 29.2 Å². The van der Waals surface area contributed by atoms with Crippen molar-refractivity contribution < 1.29 is 9.59 Å². The molecule has 0 aliphatic heterocycles. The average molecular weight is 294 g/mol. The Morgan fingerprint density at radius 3 is 2.60 bits per heavy atom. The Kier molecular flexibility index (Phi) is 5.95. The van der Waals surface area contributed by atoms with Gasteiger partial charge in [0.2, 0.25) is 11.8 Å². The lowest BCUT2D eigenvalue weighted by Crippen LogP contribution is -2.47. The third kappa shape index (κ3) is 6.02. The monoisotopic (exact) mass is 294 g/mol. The largest absolute Gasteiger partial charge is 0.350 e. The Labute approximate surface area is 124 Å². The van der Waals surface area contributed by atoms with Crippen LogP contribution in [-0.2, 0) is 9.59 Å². The molecule has 0 aliphatic carbocycles. The topological polar surface area (TPSA) is 49.4 Å². The lowest BCUT2D eigenvalue weighted by Gasteiger charge is -2.24. The van der Waals surface area contributed by atoms with Crippen molar-refractivity contribution in [2.45, 2.75) is 33.2 Å². The van der Waals surface area contributed by atoms with Crippen molar-refractivity contribution in [1.82, 2.24) is 10.2 Å². The Bertz CT molecular complexity index is 473. The number of likely N-dealkylation sites (N-methyl/N-ethyl adjacent to an activating group) is 1. The molecule has 2 amide bonds. The molecule has 0 atom stereocenters. The summed E-state index contributed by atoms with van der Waals surface area (Å²) in [6, 6.07) is 3.88. The highest BCUT2D eigenvalue weighted by atomic mass is 32.1. The summed E-state index contributed by atoms with van der Waals surface area (Å²) in [6.45, 7) is 8.20. The van der Waals surface area contributed by atoms with Gasteiger partial charge in [0.05, 0.1) is 6.54 Å². The van der Waals surface area contributed by atoms with Gasteiger partial charge in [0.15, 0.2) is 0 Å². The molecule has 0 radical (unpaired) electrons. The zero-order valence-electron chi connectivity index (χ0n) is 12.5. The number of hydrogen-bond donors (Lipinski definition) is 1. The molecule has 5 heteroatoms. The van der Waals surface area contributed by atoms with Crippen molar-refractivity contribution in [2.75, 3.05) is 13.1 Å². The summed E-state index contributed by atoms with van der Waals surface area (Å²) >= 11 is 1.57. The predicted octanol–water partition coefficient (Wildman–Crippen LogP) is 2.52. The van der Waals surface area contributed by atoms with Crippen LogP contribution in [0.15, 0.2) is 23.6 Å². The molecule has 1 aromatic rings. The van der Waals surface area contributed by atoms with Gasteiger partial charge in [-0.25, -0.2) is 0 Å². The Morgan fingerprint density at radius 2 is 2.10 bits per heavy atom. The third-order valence-corrected chi connectivity index (χ3v) is 3.31. The maximum atomic E-state index is 12.0. The average Bonchev–Trinajstić information content (AvgIpc) is 2.83. The molecule has 20 heavy (non-hydrogen) atoms. The number of amides is 2. The van der Waals surface area contributed by atoms with Crippen LogP contribution in [0.4, 0.5) is 0 Å². The normalized spacial score (nSPS) is 11.6. The molecule has 0 aromatic carbocycles. The van der Waals surface area contributed by atoms with Crippen molar-refractivity contribution in [1.29, 1.82) is 0 Å². The fourth-order valence-corrected chi connectivity index (χ4v) is 2.24. The summed E-state index contributed by atoms with van der Waals surface area (Å²) in [5.74, 6) is -0.290. The number of rotatable bonds is 5. The van der Waals surface area contributed by atoms with Gasteiger partial charge in [-0.2, -0.15) is 0 Å². The first kappa shape index (κ1) is 16.4. The van der Waals surface area contributed by atoms with Gasteiger partial charge in [-0.05, 0) is 45.2 Å². The van der Waals surface area contributed by atoms with E-state index in [9.17, 15) is 9.59 Å². The fourth-order valence-electron chi connectivity index (χ4n) is 1.62. The fraction of sp³-hybridized carbons (Fsp3) is 0.467. The van der Waals surface area contributed by atoms with Gasteiger partial charge >= 0.3 is 0 Å². The summed E-state index contributed by atoms with van der Waals surface area (Å²) in [6.07, 6.45) is 3.29. The first-order chi connectivity index (χ1) is 9.31. The van der Waals surface area contributed by atoms with Gasteiger partial charge in [0.1, 0.15) is 0 Å². The van der Waals surface area contributed by atoms with E-state index in [1.807, 2.05) is 45.2 Å². The van der Waals surface area contributed by atoms with E-state index >= 15 is 0 Å². The van der Waals surface area contributed by atoms with Gasteiger partial charge in [-0.1, -0.05) is 6.07 Å². The van der Waals surface area contributed by atoms with Crippen LogP contribution in [-0.4, -0.2) is 35.3 Å². The van der Waals surface area contributed by atoms with E-state index in [0.29, 0.717) is 6.54 Å². The van der Waals surface area contributed by atoms with Crippen molar-refractivity contribution in [2.24, 2.45) is 0 Å². The van der Waals surface area contributed by atoms with Gasteiger partial charge in [0, 0.05) is 23.0 Å². The molecule has 1 heterocycles.